The maximum atomic E-state index is 11.7. The number of likely N-dealkylation sites (N-methyl/N-ethyl adjacent to an activating group) is 1. The van der Waals surface area contributed by atoms with Gasteiger partial charge in [0, 0.05) is 32.6 Å². The molecule has 0 bridgehead atoms. The van der Waals surface area contributed by atoms with Crippen molar-refractivity contribution in [2.75, 3.05) is 40.4 Å². The van der Waals surface area contributed by atoms with Crippen LogP contribution in [0.1, 0.15) is 30.8 Å². The fourth-order valence-electron chi connectivity index (χ4n) is 4.14. The predicted molar refractivity (Wildman–Crippen MR) is 102 cm³/mol. The van der Waals surface area contributed by atoms with Gasteiger partial charge in [-0.3, -0.25) is 9.69 Å². The van der Waals surface area contributed by atoms with Gasteiger partial charge in [-0.15, -0.1) is 0 Å². The summed E-state index contributed by atoms with van der Waals surface area (Å²) in [4.78, 5) is 24.7. The summed E-state index contributed by atoms with van der Waals surface area (Å²) in [6, 6.07) is 4.10. The molecule has 2 aliphatic rings. The Kier molecular flexibility index (Phi) is 7.93. The fourth-order valence-corrected chi connectivity index (χ4v) is 4.14. The van der Waals surface area contributed by atoms with E-state index < -0.39 is 12.1 Å². The molecule has 0 aromatic carbocycles. The summed E-state index contributed by atoms with van der Waals surface area (Å²) in [5.74, 6) is -0.0154. The number of carboxylic acid groups (broad SMARTS) is 1. The molecule has 7 nitrogen and oxygen atoms in total. The zero-order valence-corrected chi connectivity index (χ0v) is 17.5. The van der Waals surface area contributed by atoms with E-state index in [9.17, 15) is 18.0 Å². The number of rotatable bonds is 6. The van der Waals surface area contributed by atoms with E-state index in [1.54, 1.807) is 19.0 Å². The second-order valence-electron chi connectivity index (χ2n) is 8.22. The van der Waals surface area contributed by atoms with Crippen molar-refractivity contribution in [1.29, 1.82) is 0 Å². The quantitative estimate of drug-likeness (QED) is 0.741. The monoisotopic (exact) mass is 434 g/mol. The molecule has 1 aromatic rings. The molecule has 0 radical (unpaired) electrons. The maximum Gasteiger partial charge on any atom is 0.490 e. The highest BCUT2D eigenvalue weighted by molar-refractivity contribution is 5.76. The normalized spacial score (nSPS) is 23.6. The molecule has 30 heavy (non-hydrogen) atoms. The Morgan fingerprint density at radius 2 is 2.03 bits per heavy atom. The van der Waals surface area contributed by atoms with Crippen molar-refractivity contribution < 1.29 is 37.0 Å². The number of alkyl halides is 3. The first-order chi connectivity index (χ1) is 13.9. The van der Waals surface area contributed by atoms with Crippen molar-refractivity contribution in [2.24, 2.45) is 11.3 Å². The van der Waals surface area contributed by atoms with Gasteiger partial charge in [0.15, 0.2) is 0 Å². The highest BCUT2D eigenvalue weighted by Crippen LogP contribution is 2.49. The first-order valence-electron chi connectivity index (χ1n) is 9.78. The lowest BCUT2D eigenvalue weighted by molar-refractivity contribution is -0.192. The van der Waals surface area contributed by atoms with Crippen LogP contribution in [0, 0.1) is 18.3 Å². The first kappa shape index (κ1) is 24.2. The summed E-state index contributed by atoms with van der Waals surface area (Å²) < 4.78 is 43.3. The highest BCUT2D eigenvalue weighted by Gasteiger charge is 2.49. The number of halogens is 3. The Morgan fingerprint density at radius 3 is 2.57 bits per heavy atom. The number of likely N-dealkylation sites (tertiary alicyclic amines) is 1. The molecule has 1 saturated heterocycles. The maximum absolute atomic E-state index is 11.7. The van der Waals surface area contributed by atoms with Gasteiger partial charge in [-0.1, -0.05) is 6.42 Å². The number of ether oxygens (including phenoxy) is 1. The number of carbonyl (C=O) groups excluding carboxylic acids is 1. The minimum atomic E-state index is -5.08. The summed E-state index contributed by atoms with van der Waals surface area (Å²) in [5, 5.41) is 7.12. The largest absolute Gasteiger partial charge is 0.490 e. The van der Waals surface area contributed by atoms with E-state index in [0.29, 0.717) is 12.5 Å². The van der Waals surface area contributed by atoms with Gasteiger partial charge in [0.2, 0.25) is 5.91 Å². The van der Waals surface area contributed by atoms with Gasteiger partial charge < -0.3 is 19.2 Å². The molecule has 2 atom stereocenters. The van der Waals surface area contributed by atoms with Crippen molar-refractivity contribution in [2.45, 2.75) is 38.9 Å². The number of hydrogen-bond acceptors (Lipinski definition) is 5. The van der Waals surface area contributed by atoms with Crippen molar-refractivity contribution in [3.8, 4) is 0 Å². The molecular formula is C20H29F3N2O5. The van der Waals surface area contributed by atoms with Gasteiger partial charge in [-0.25, -0.2) is 4.79 Å². The Hall–Kier alpha value is -2.07. The van der Waals surface area contributed by atoms with Crippen molar-refractivity contribution in [3.05, 3.63) is 23.7 Å². The molecule has 1 N–H and O–H groups in total. The lowest BCUT2D eigenvalue weighted by atomic mass is 9.81. The summed E-state index contributed by atoms with van der Waals surface area (Å²) in [6.07, 6.45) is -1.32. The number of amides is 1. The second-order valence-corrected chi connectivity index (χ2v) is 8.22. The molecule has 3 rings (SSSR count). The lowest BCUT2D eigenvalue weighted by Crippen LogP contribution is -2.34. The van der Waals surface area contributed by atoms with Crippen LogP contribution in [0.25, 0.3) is 0 Å². The number of carbonyl (C=O) groups is 2. The van der Waals surface area contributed by atoms with Crippen LogP contribution in [-0.4, -0.2) is 73.4 Å². The number of fused-ring (bicyclic) bond motifs is 1. The van der Waals surface area contributed by atoms with E-state index in [1.807, 2.05) is 13.0 Å². The molecule has 1 aromatic heterocycles. The zero-order chi connectivity index (χ0) is 22.5. The molecule has 1 aliphatic carbocycles. The van der Waals surface area contributed by atoms with E-state index in [2.05, 4.69) is 11.0 Å². The Morgan fingerprint density at radius 1 is 1.37 bits per heavy atom. The molecule has 10 heteroatoms. The average Bonchev–Trinajstić information content (AvgIpc) is 3.29. The van der Waals surface area contributed by atoms with Gasteiger partial charge in [-0.2, -0.15) is 13.2 Å². The van der Waals surface area contributed by atoms with Crippen LogP contribution in [0.4, 0.5) is 13.2 Å². The molecule has 0 unspecified atom stereocenters. The zero-order valence-electron chi connectivity index (χ0n) is 17.5. The third-order valence-electron chi connectivity index (χ3n) is 5.64. The minimum absolute atomic E-state index is 0.0388. The highest BCUT2D eigenvalue weighted by atomic mass is 19.4. The Bertz CT molecular complexity index is 734. The van der Waals surface area contributed by atoms with E-state index >= 15 is 0 Å². The van der Waals surface area contributed by atoms with Crippen LogP contribution < -0.4 is 0 Å². The standard InChI is InChI=1S/C18H28N2O3.C2HF3O2/c1-14-6-7-16(23-14)10-20-9-15-5-4-8-18(15,12-20)13-22-11-17(21)19(2)3;3-2(4,5)1(6)7/h6-7,15H,4-5,8-13H2,1-3H3;(H,6,7)/t15-,18+;/m1./s1. The van der Waals surface area contributed by atoms with Gasteiger partial charge in [-0.05, 0) is 37.8 Å². The number of aryl methyl sites for hydroxylation is 1. The van der Waals surface area contributed by atoms with Crippen LogP contribution in [0.5, 0.6) is 0 Å². The number of furan rings is 1. The summed E-state index contributed by atoms with van der Waals surface area (Å²) in [7, 11) is 3.54. The number of hydrogen-bond donors (Lipinski definition) is 1. The molecule has 1 aliphatic heterocycles. The van der Waals surface area contributed by atoms with Crippen LogP contribution in [0.3, 0.4) is 0 Å². The van der Waals surface area contributed by atoms with E-state index in [0.717, 1.165) is 31.2 Å². The average molecular weight is 434 g/mol. The smallest absolute Gasteiger partial charge is 0.475 e. The Labute approximate surface area is 173 Å². The third-order valence-corrected chi connectivity index (χ3v) is 5.64. The molecule has 2 fully saturated rings. The number of nitrogens with zero attached hydrogens (tertiary/aromatic N) is 2. The SMILES string of the molecule is Cc1ccc(CN2C[C@H]3CCC[C@@]3(COCC(=O)N(C)C)C2)o1.O=C(O)C(F)(F)F. The Balaban J connectivity index is 0.000000396. The topological polar surface area (TPSA) is 83.2 Å². The minimum Gasteiger partial charge on any atom is -0.475 e. The molecule has 1 amide bonds. The molecule has 170 valence electrons. The van der Waals surface area contributed by atoms with Crippen LogP contribution >= 0.6 is 0 Å². The van der Waals surface area contributed by atoms with E-state index in [1.165, 1.54) is 19.3 Å². The van der Waals surface area contributed by atoms with Crippen molar-refractivity contribution in [3.63, 3.8) is 0 Å². The van der Waals surface area contributed by atoms with Crippen LogP contribution in [-0.2, 0) is 20.9 Å². The summed E-state index contributed by atoms with van der Waals surface area (Å²) in [5.41, 5.74) is 0.230. The third kappa shape index (κ3) is 6.46. The lowest BCUT2D eigenvalue weighted by Gasteiger charge is -2.28. The predicted octanol–water partition coefficient (Wildman–Crippen LogP) is 2.93. The van der Waals surface area contributed by atoms with E-state index in [-0.39, 0.29) is 17.9 Å². The second kappa shape index (κ2) is 9.82. The molecular weight excluding hydrogens is 405 g/mol. The summed E-state index contributed by atoms with van der Waals surface area (Å²) in [6.45, 7) is 5.92. The fraction of sp³-hybridized carbons (Fsp3) is 0.700. The van der Waals surface area contributed by atoms with Gasteiger partial charge in [0.25, 0.3) is 0 Å². The van der Waals surface area contributed by atoms with Crippen LogP contribution in [0.15, 0.2) is 16.5 Å². The molecule has 2 heterocycles. The molecule has 1 saturated carbocycles. The molecule has 0 spiro atoms. The first-order valence-corrected chi connectivity index (χ1v) is 9.78. The van der Waals surface area contributed by atoms with E-state index in [4.69, 9.17) is 19.1 Å². The summed E-state index contributed by atoms with van der Waals surface area (Å²) >= 11 is 0. The number of aliphatic carboxylic acids is 1. The number of carboxylic acids is 1. The van der Waals surface area contributed by atoms with Gasteiger partial charge in [0.05, 0.1) is 13.2 Å². The van der Waals surface area contributed by atoms with Gasteiger partial charge in [0.1, 0.15) is 18.1 Å². The van der Waals surface area contributed by atoms with Crippen molar-refractivity contribution in [1.82, 2.24) is 9.80 Å². The van der Waals surface area contributed by atoms with Crippen molar-refractivity contribution >= 4 is 11.9 Å². The van der Waals surface area contributed by atoms with Crippen LogP contribution in [0.2, 0.25) is 0 Å². The van der Waals surface area contributed by atoms with Gasteiger partial charge >= 0.3 is 12.1 Å².